The van der Waals surface area contributed by atoms with E-state index >= 15 is 0 Å². The topological polar surface area (TPSA) is 68.2 Å². The van der Waals surface area contributed by atoms with Crippen molar-refractivity contribution in [1.82, 2.24) is 19.9 Å². The number of aryl methyl sites for hydroxylation is 1. The first-order valence-electron chi connectivity index (χ1n) is 10.1. The summed E-state index contributed by atoms with van der Waals surface area (Å²) in [5.74, 6) is 0.436. The second kappa shape index (κ2) is 7.48. The third kappa shape index (κ3) is 3.30. The van der Waals surface area contributed by atoms with Gasteiger partial charge in [0.05, 0.1) is 17.2 Å². The van der Waals surface area contributed by atoms with Crippen LogP contribution in [-0.2, 0) is 0 Å². The van der Waals surface area contributed by atoms with Crippen LogP contribution < -0.4 is 4.74 Å². The van der Waals surface area contributed by atoms with Gasteiger partial charge < -0.3 is 9.64 Å². The maximum absolute atomic E-state index is 14.7. The lowest BCUT2D eigenvalue weighted by atomic mass is 10.0. The molecule has 1 aromatic carbocycles. The summed E-state index contributed by atoms with van der Waals surface area (Å²) in [5, 5.41) is 0. The van der Waals surface area contributed by atoms with E-state index in [9.17, 15) is 9.18 Å². The number of hydrogen-bond acceptors (Lipinski definition) is 5. The molecular formula is C23H21FN4O2. The molecule has 3 atom stereocenters. The smallest absolute Gasteiger partial charge is 0.255 e. The summed E-state index contributed by atoms with van der Waals surface area (Å²) in [6.07, 6.45) is 4.74. The molecule has 7 heteroatoms. The van der Waals surface area contributed by atoms with Gasteiger partial charge in [-0.05, 0) is 49.9 Å². The Balaban J connectivity index is 1.43. The molecular weight excluding hydrogens is 383 g/mol. The van der Waals surface area contributed by atoms with E-state index in [1.807, 2.05) is 30.0 Å². The van der Waals surface area contributed by atoms with Crippen LogP contribution in [0, 0.1) is 18.7 Å². The second-order valence-electron chi connectivity index (χ2n) is 7.87. The first-order valence-corrected chi connectivity index (χ1v) is 10.1. The van der Waals surface area contributed by atoms with E-state index < -0.39 is 5.82 Å². The van der Waals surface area contributed by atoms with Gasteiger partial charge in [-0.3, -0.25) is 4.79 Å². The summed E-state index contributed by atoms with van der Waals surface area (Å²) < 4.78 is 20.8. The number of nitrogens with zero attached hydrogens (tertiary/aromatic N) is 4. The van der Waals surface area contributed by atoms with Crippen LogP contribution >= 0.6 is 0 Å². The minimum Gasteiger partial charge on any atom is -0.472 e. The molecule has 0 N–H and O–H groups in total. The maximum atomic E-state index is 14.7. The van der Waals surface area contributed by atoms with Crippen LogP contribution in [0.1, 0.15) is 28.9 Å². The molecule has 2 fully saturated rings. The van der Waals surface area contributed by atoms with Crippen molar-refractivity contribution in [1.29, 1.82) is 0 Å². The molecule has 0 spiro atoms. The van der Waals surface area contributed by atoms with E-state index in [2.05, 4.69) is 15.0 Å². The first-order chi connectivity index (χ1) is 14.6. The van der Waals surface area contributed by atoms with Gasteiger partial charge in [-0.15, -0.1) is 0 Å². The van der Waals surface area contributed by atoms with Crippen molar-refractivity contribution in [2.24, 2.45) is 5.92 Å². The lowest BCUT2D eigenvalue weighted by Gasteiger charge is -2.33. The predicted molar refractivity (Wildman–Crippen MR) is 108 cm³/mol. The monoisotopic (exact) mass is 404 g/mol. The summed E-state index contributed by atoms with van der Waals surface area (Å²) in [4.78, 5) is 28.0. The van der Waals surface area contributed by atoms with Crippen LogP contribution in [0.5, 0.6) is 5.88 Å². The predicted octanol–water partition coefficient (Wildman–Crippen LogP) is 3.67. The number of carbonyl (C=O) groups is 1. The summed E-state index contributed by atoms with van der Waals surface area (Å²) in [6.45, 7) is 2.57. The van der Waals surface area contributed by atoms with Crippen LogP contribution in [0.3, 0.4) is 0 Å². The minimum absolute atomic E-state index is 0.0578. The number of amides is 1. The van der Waals surface area contributed by atoms with Crippen molar-refractivity contribution in [3.8, 4) is 17.3 Å². The molecule has 5 rings (SSSR count). The number of aromatic nitrogens is 3. The maximum Gasteiger partial charge on any atom is 0.255 e. The SMILES string of the molecule is Cc1cccc(OC2CC3CC2N(C(=O)c2cccc(F)c2-c2ncccn2)C3)n1. The van der Waals surface area contributed by atoms with Gasteiger partial charge in [-0.1, -0.05) is 12.1 Å². The minimum atomic E-state index is -0.506. The van der Waals surface area contributed by atoms with E-state index in [-0.39, 0.29) is 35.0 Å². The van der Waals surface area contributed by atoms with Gasteiger partial charge in [-0.25, -0.2) is 19.3 Å². The van der Waals surface area contributed by atoms with Gasteiger partial charge >= 0.3 is 0 Å². The molecule has 30 heavy (non-hydrogen) atoms. The summed E-state index contributed by atoms with van der Waals surface area (Å²) in [5.41, 5.74) is 1.31. The zero-order valence-corrected chi connectivity index (χ0v) is 16.5. The quantitative estimate of drug-likeness (QED) is 0.664. The fraction of sp³-hybridized carbons (Fsp3) is 0.304. The van der Waals surface area contributed by atoms with Crippen LogP contribution in [0.15, 0.2) is 54.9 Å². The third-order valence-corrected chi connectivity index (χ3v) is 5.85. The molecule has 3 aromatic rings. The molecule has 1 aliphatic heterocycles. The Morgan fingerprint density at radius 1 is 1.10 bits per heavy atom. The third-order valence-electron chi connectivity index (χ3n) is 5.85. The van der Waals surface area contributed by atoms with Crippen LogP contribution in [0.2, 0.25) is 0 Å². The molecule has 1 saturated carbocycles. The van der Waals surface area contributed by atoms with E-state index in [1.165, 1.54) is 6.07 Å². The number of piperidine rings is 1. The number of likely N-dealkylation sites (tertiary alicyclic amines) is 1. The molecule has 2 aliphatic rings. The highest BCUT2D eigenvalue weighted by atomic mass is 19.1. The van der Waals surface area contributed by atoms with Crippen molar-refractivity contribution >= 4 is 5.91 Å². The van der Waals surface area contributed by atoms with Crippen molar-refractivity contribution in [3.05, 3.63) is 71.9 Å². The Hall–Kier alpha value is -3.35. The number of ether oxygens (including phenoxy) is 1. The molecule has 1 saturated heterocycles. The molecule has 6 nitrogen and oxygen atoms in total. The number of hydrogen-bond donors (Lipinski definition) is 0. The number of benzene rings is 1. The van der Waals surface area contributed by atoms with Crippen LogP contribution in [0.4, 0.5) is 4.39 Å². The summed E-state index contributed by atoms with van der Waals surface area (Å²) in [6, 6.07) is 11.8. The second-order valence-corrected chi connectivity index (χ2v) is 7.87. The van der Waals surface area contributed by atoms with Gasteiger partial charge in [0, 0.05) is 30.7 Å². The largest absolute Gasteiger partial charge is 0.472 e. The highest BCUT2D eigenvalue weighted by Crippen LogP contribution is 2.41. The number of fused-ring (bicyclic) bond motifs is 2. The summed E-state index contributed by atoms with van der Waals surface area (Å²) >= 11 is 0. The Labute approximate surface area is 173 Å². The Bertz CT molecular complexity index is 1090. The van der Waals surface area contributed by atoms with E-state index in [1.54, 1.807) is 30.6 Å². The summed E-state index contributed by atoms with van der Waals surface area (Å²) in [7, 11) is 0. The zero-order valence-electron chi connectivity index (χ0n) is 16.5. The number of carbonyl (C=O) groups excluding carboxylic acids is 1. The van der Waals surface area contributed by atoms with E-state index in [4.69, 9.17) is 4.74 Å². The lowest BCUT2D eigenvalue weighted by Crippen LogP contribution is -2.47. The van der Waals surface area contributed by atoms with Gasteiger partial charge in [0.1, 0.15) is 11.9 Å². The Morgan fingerprint density at radius 2 is 1.90 bits per heavy atom. The molecule has 1 amide bonds. The van der Waals surface area contributed by atoms with Crippen LogP contribution in [0.25, 0.3) is 11.4 Å². The molecule has 2 bridgehead atoms. The molecule has 3 heterocycles. The number of rotatable bonds is 4. The number of halogens is 1. The molecule has 0 radical (unpaired) electrons. The van der Waals surface area contributed by atoms with Crippen molar-refractivity contribution in [3.63, 3.8) is 0 Å². The van der Waals surface area contributed by atoms with E-state index in [0.29, 0.717) is 18.3 Å². The van der Waals surface area contributed by atoms with Gasteiger partial charge in [0.25, 0.3) is 5.91 Å². The fourth-order valence-corrected chi connectivity index (χ4v) is 4.58. The fourth-order valence-electron chi connectivity index (χ4n) is 4.58. The highest BCUT2D eigenvalue weighted by molar-refractivity contribution is 6.00. The Morgan fingerprint density at radius 3 is 2.67 bits per heavy atom. The lowest BCUT2D eigenvalue weighted by molar-refractivity contribution is 0.0466. The number of pyridine rings is 1. The molecule has 2 aromatic heterocycles. The van der Waals surface area contributed by atoms with Gasteiger partial charge in [-0.2, -0.15) is 0 Å². The molecule has 1 aliphatic carbocycles. The molecule has 152 valence electrons. The zero-order chi connectivity index (χ0) is 20.7. The highest BCUT2D eigenvalue weighted by Gasteiger charge is 2.48. The average Bonchev–Trinajstić information content (AvgIpc) is 3.34. The standard InChI is InChI=1S/C23H21FN4O2/c1-14-5-2-8-20(27-14)30-19-12-15-11-18(19)28(13-15)23(29)16-6-3-7-17(24)21(16)22-25-9-4-10-26-22/h2-10,15,18-19H,11-13H2,1H3. The van der Waals surface area contributed by atoms with Crippen LogP contribution in [-0.4, -0.2) is 44.4 Å². The average molecular weight is 404 g/mol. The van der Waals surface area contributed by atoms with Crippen molar-refractivity contribution in [2.75, 3.05) is 6.54 Å². The van der Waals surface area contributed by atoms with Gasteiger partial charge in [0.2, 0.25) is 5.88 Å². The van der Waals surface area contributed by atoms with Gasteiger partial charge in [0.15, 0.2) is 5.82 Å². The van der Waals surface area contributed by atoms with Crippen molar-refractivity contribution in [2.45, 2.75) is 31.9 Å². The first kappa shape index (κ1) is 18.7. The normalized spacial score (nSPS) is 22.3. The molecule has 3 unspecified atom stereocenters. The van der Waals surface area contributed by atoms with Crippen molar-refractivity contribution < 1.29 is 13.9 Å². The van der Waals surface area contributed by atoms with E-state index in [0.717, 1.165) is 18.5 Å². The Kier molecular flexibility index (Phi) is 4.65.